The fraction of sp³-hybridized carbons (Fsp3) is 0.125. The third-order valence-corrected chi connectivity index (χ3v) is 3.94. The monoisotopic (exact) mass is 347 g/mol. The molecule has 2 N–H and O–H groups in total. The number of rotatable bonds is 4. The first-order chi connectivity index (χ1) is 9.91. The van der Waals surface area contributed by atoms with Gasteiger partial charge in [0.15, 0.2) is 5.78 Å². The van der Waals surface area contributed by atoms with Crippen molar-refractivity contribution in [3.05, 3.63) is 62.9 Å². The number of H-pyrrole nitrogens is 1. The summed E-state index contributed by atoms with van der Waals surface area (Å²) in [6, 6.07) is 7.54. The number of carboxylic acid groups (broad SMARTS) is 1. The van der Waals surface area contributed by atoms with Crippen molar-refractivity contribution in [1.82, 2.24) is 4.98 Å². The number of halogens is 1. The minimum absolute atomic E-state index is 0.0603. The predicted molar refractivity (Wildman–Crippen MR) is 84.7 cm³/mol. The molecular weight excluding hydrogens is 334 g/mol. The van der Waals surface area contributed by atoms with Gasteiger partial charge < -0.3 is 10.1 Å². The third kappa shape index (κ3) is 3.13. The van der Waals surface area contributed by atoms with Gasteiger partial charge in [-0.05, 0) is 43.2 Å². The maximum absolute atomic E-state index is 12.3. The Kier molecular flexibility index (Phi) is 4.43. The zero-order valence-electron chi connectivity index (χ0n) is 11.6. The highest BCUT2D eigenvalue weighted by molar-refractivity contribution is 9.10. The molecule has 1 heterocycles. The second kappa shape index (κ2) is 6.10. The summed E-state index contributed by atoms with van der Waals surface area (Å²) in [7, 11) is 0. The van der Waals surface area contributed by atoms with Gasteiger partial charge in [0.25, 0.3) is 0 Å². The van der Waals surface area contributed by atoms with Crippen molar-refractivity contribution in [1.29, 1.82) is 0 Å². The van der Waals surface area contributed by atoms with Gasteiger partial charge in [-0.1, -0.05) is 34.1 Å². The van der Waals surface area contributed by atoms with Gasteiger partial charge in [-0.3, -0.25) is 4.79 Å². The molecule has 0 spiro atoms. The zero-order valence-corrected chi connectivity index (χ0v) is 13.2. The summed E-state index contributed by atoms with van der Waals surface area (Å²) in [5, 5.41) is 9.06. The first-order valence-electron chi connectivity index (χ1n) is 6.31. The molecule has 0 radical (unpaired) electrons. The van der Waals surface area contributed by atoms with Crippen LogP contribution < -0.4 is 0 Å². The molecule has 0 atom stereocenters. The second-order valence-corrected chi connectivity index (χ2v) is 5.50. The molecule has 0 saturated heterocycles. The van der Waals surface area contributed by atoms with Crippen molar-refractivity contribution in [3.63, 3.8) is 0 Å². The van der Waals surface area contributed by atoms with Crippen LogP contribution >= 0.6 is 15.9 Å². The maximum Gasteiger partial charge on any atom is 0.352 e. The molecule has 1 aromatic carbocycles. The maximum atomic E-state index is 12.3. The van der Waals surface area contributed by atoms with Gasteiger partial charge in [-0.2, -0.15) is 0 Å². The van der Waals surface area contributed by atoms with E-state index < -0.39 is 5.97 Å². The van der Waals surface area contributed by atoms with Crippen LogP contribution in [0.15, 0.2) is 34.8 Å². The van der Waals surface area contributed by atoms with E-state index in [1.165, 1.54) is 6.08 Å². The minimum Gasteiger partial charge on any atom is -0.477 e. The molecule has 0 amide bonds. The molecule has 0 fully saturated rings. The van der Waals surface area contributed by atoms with Gasteiger partial charge in [0.1, 0.15) is 5.69 Å². The summed E-state index contributed by atoms with van der Waals surface area (Å²) in [6.07, 6.45) is 3.16. The van der Waals surface area contributed by atoms with Gasteiger partial charge in [-0.15, -0.1) is 0 Å². The van der Waals surface area contributed by atoms with E-state index in [4.69, 9.17) is 5.11 Å². The molecular formula is C16H14BrNO3. The number of allylic oxidation sites excluding steroid dienone is 1. The Morgan fingerprint density at radius 3 is 2.48 bits per heavy atom. The van der Waals surface area contributed by atoms with Gasteiger partial charge in [0, 0.05) is 15.7 Å². The summed E-state index contributed by atoms with van der Waals surface area (Å²) in [5.41, 5.74) is 2.38. The number of carbonyl (C=O) groups is 2. The Labute approximate surface area is 130 Å². The SMILES string of the molecule is Cc1[nH]c(C(=O)O)c(C)c1C(=O)/C=C/c1ccccc1Br. The predicted octanol–water partition coefficient (Wildman–Crippen LogP) is 3.99. The van der Waals surface area contributed by atoms with Crippen molar-refractivity contribution in [2.75, 3.05) is 0 Å². The van der Waals surface area contributed by atoms with Crippen molar-refractivity contribution in [3.8, 4) is 0 Å². The Morgan fingerprint density at radius 1 is 1.24 bits per heavy atom. The Bertz CT molecular complexity index is 744. The molecule has 21 heavy (non-hydrogen) atoms. The molecule has 0 bridgehead atoms. The number of aromatic nitrogens is 1. The van der Waals surface area contributed by atoms with Crippen LogP contribution in [-0.4, -0.2) is 21.8 Å². The molecule has 2 aromatic rings. The highest BCUT2D eigenvalue weighted by atomic mass is 79.9. The van der Waals surface area contributed by atoms with Crippen LogP contribution in [-0.2, 0) is 0 Å². The quantitative estimate of drug-likeness (QED) is 0.648. The van der Waals surface area contributed by atoms with E-state index in [0.29, 0.717) is 16.8 Å². The standard InChI is InChI=1S/C16H14BrNO3/c1-9-14(10(2)18-15(9)16(20)21)13(19)8-7-11-5-3-4-6-12(11)17/h3-8,18H,1-2H3,(H,20,21)/b8-7+. The molecule has 1 aromatic heterocycles. The normalized spacial score (nSPS) is 11.0. The van der Waals surface area contributed by atoms with Gasteiger partial charge >= 0.3 is 5.97 Å². The van der Waals surface area contributed by atoms with E-state index in [-0.39, 0.29) is 11.5 Å². The molecule has 0 aliphatic rings. The Morgan fingerprint density at radius 2 is 1.90 bits per heavy atom. The lowest BCUT2D eigenvalue weighted by atomic mass is 10.0. The highest BCUT2D eigenvalue weighted by Gasteiger charge is 2.19. The number of ketones is 1. The van der Waals surface area contributed by atoms with E-state index in [1.807, 2.05) is 24.3 Å². The number of aromatic carboxylic acids is 1. The Balaban J connectivity index is 2.34. The molecule has 0 saturated carbocycles. The molecule has 0 unspecified atom stereocenters. The fourth-order valence-electron chi connectivity index (χ4n) is 2.19. The fourth-order valence-corrected chi connectivity index (χ4v) is 2.61. The van der Waals surface area contributed by atoms with Crippen molar-refractivity contribution in [2.45, 2.75) is 13.8 Å². The number of benzene rings is 1. The van der Waals surface area contributed by atoms with Gasteiger partial charge in [0.05, 0.1) is 0 Å². The first kappa shape index (κ1) is 15.3. The number of hydrogen-bond acceptors (Lipinski definition) is 2. The summed E-state index contributed by atoms with van der Waals surface area (Å²) < 4.78 is 0.891. The average molecular weight is 348 g/mol. The smallest absolute Gasteiger partial charge is 0.352 e. The third-order valence-electron chi connectivity index (χ3n) is 3.22. The number of carboxylic acids is 1. The molecule has 2 rings (SSSR count). The molecule has 108 valence electrons. The topological polar surface area (TPSA) is 70.2 Å². The summed E-state index contributed by atoms with van der Waals surface area (Å²) in [6.45, 7) is 3.32. The summed E-state index contributed by atoms with van der Waals surface area (Å²) in [4.78, 5) is 26.1. The number of carbonyl (C=O) groups excluding carboxylic acids is 1. The van der Waals surface area contributed by atoms with Crippen LogP contribution in [0.25, 0.3) is 6.08 Å². The van der Waals surface area contributed by atoms with E-state index >= 15 is 0 Å². The number of aromatic amines is 1. The minimum atomic E-state index is -1.07. The van der Waals surface area contributed by atoms with Crippen LogP contribution in [0.3, 0.4) is 0 Å². The molecule has 4 nitrogen and oxygen atoms in total. The largest absolute Gasteiger partial charge is 0.477 e. The van der Waals surface area contributed by atoms with Crippen LogP contribution in [0.1, 0.15) is 37.7 Å². The van der Waals surface area contributed by atoms with E-state index in [9.17, 15) is 9.59 Å². The molecule has 5 heteroatoms. The van der Waals surface area contributed by atoms with Crippen LogP contribution in [0.4, 0.5) is 0 Å². The summed E-state index contributed by atoms with van der Waals surface area (Å²) >= 11 is 3.41. The van der Waals surface area contributed by atoms with E-state index in [1.54, 1.807) is 19.9 Å². The average Bonchev–Trinajstić information content (AvgIpc) is 2.73. The molecule has 0 aliphatic heterocycles. The second-order valence-electron chi connectivity index (χ2n) is 4.65. The van der Waals surface area contributed by atoms with Crippen molar-refractivity contribution < 1.29 is 14.7 Å². The highest BCUT2D eigenvalue weighted by Crippen LogP contribution is 2.21. The molecule has 0 aliphatic carbocycles. The van der Waals surface area contributed by atoms with Gasteiger partial charge in [-0.25, -0.2) is 4.79 Å². The van der Waals surface area contributed by atoms with Crippen LogP contribution in [0, 0.1) is 13.8 Å². The first-order valence-corrected chi connectivity index (χ1v) is 7.10. The number of nitrogens with one attached hydrogen (secondary N) is 1. The zero-order chi connectivity index (χ0) is 15.6. The Hall–Kier alpha value is -2.14. The van der Waals surface area contributed by atoms with Crippen molar-refractivity contribution >= 4 is 33.8 Å². The number of aryl methyl sites for hydroxylation is 1. The lowest BCUT2D eigenvalue weighted by molar-refractivity contribution is 0.0690. The van der Waals surface area contributed by atoms with Crippen LogP contribution in [0.2, 0.25) is 0 Å². The number of hydrogen-bond donors (Lipinski definition) is 2. The lowest BCUT2D eigenvalue weighted by Gasteiger charge is -1.99. The van der Waals surface area contributed by atoms with E-state index in [2.05, 4.69) is 20.9 Å². The van der Waals surface area contributed by atoms with Gasteiger partial charge in [0.2, 0.25) is 0 Å². The van der Waals surface area contributed by atoms with Crippen molar-refractivity contribution in [2.24, 2.45) is 0 Å². The van der Waals surface area contributed by atoms with E-state index in [0.717, 1.165) is 10.0 Å². The van der Waals surface area contributed by atoms with Crippen LogP contribution in [0.5, 0.6) is 0 Å². The lowest BCUT2D eigenvalue weighted by Crippen LogP contribution is -2.01. The summed E-state index contributed by atoms with van der Waals surface area (Å²) in [5.74, 6) is -1.28.